The molecular formula is C20H18N4O. The van der Waals surface area contributed by atoms with Crippen molar-refractivity contribution in [2.24, 2.45) is 0 Å². The summed E-state index contributed by atoms with van der Waals surface area (Å²) >= 11 is 0. The minimum Gasteiger partial charge on any atom is -0.496 e. The van der Waals surface area contributed by atoms with Crippen molar-refractivity contribution in [3.8, 4) is 17.0 Å². The molecule has 2 heterocycles. The van der Waals surface area contributed by atoms with E-state index in [2.05, 4.69) is 27.6 Å². The maximum absolute atomic E-state index is 5.53. The second-order valence-electron chi connectivity index (χ2n) is 5.84. The molecule has 2 aromatic carbocycles. The Hall–Kier alpha value is -3.34. The van der Waals surface area contributed by atoms with E-state index in [1.54, 1.807) is 7.11 Å². The van der Waals surface area contributed by atoms with E-state index in [9.17, 15) is 0 Å². The Morgan fingerprint density at radius 1 is 0.960 bits per heavy atom. The smallest absolute Gasteiger partial charge is 0.153 e. The molecule has 0 saturated carbocycles. The number of nitrogens with zero attached hydrogens (tertiary/aromatic N) is 2. The van der Waals surface area contributed by atoms with E-state index in [1.165, 1.54) is 0 Å². The summed E-state index contributed by atoms with van der Waals surface area (Å²) in [6.45, 7) is 1.96. The Morgan fingerprint density at radius 2 is 1.76 bits per heavy atom. The zero-order valence-electron chi connectivity index (χ0n) is 14.1. The minimum absolute atomic E-state index is 0.742. The number of para-hydroxylation sites is 1. The first-order chi connectivity index (χ1) is 12.2. The zero-order chi connectivity index (χ0) is 17.2. The number of benzene rings is 2. The third-order valence-electron chi connectivity index (χ3n) is 4.06. The lowest BCUT2D eigenvalue weighted by Gasteiger charge is -2.13. The van der Waals surface area contributed by atoms with E-state index in [0.717, 1.165) is 45.1 Å². The number of rotatable bonds is 4. The number of H-pyrrole nitrogens is 1. The number of methoxy groups -OCH3 is 1. The van der Waals surface area contributed by atoms with Gasteiger partial charge in [0.25, 0.3) is 0 Å². The Bertz CT molecular complexity index is 1040. The van der Waals surface area contributed by atoms with Crippen LogP contribution in [0.4, 0.5) is 11.6 Å². The molecule has 5 heteroatoms. The van der Waals surface area contributed by atoms with Gasteiger partial charge in [-0.05, 0) is 30.5 Å². The summed E-state index contributed by atoms with van der Waals surface area (Å²) in [5.41, 5.74) is 2.83. The van der Waals surface area contributed by atoms with Crippen LogP contribution < -0.4 is 10.1 Å². The Kier molecular flexibility index (Phi) is 3.82. The van der Waals surface area contributed by atoms with Crippen LogP contribution in [0.5, 0.6) is 5.75 Å². The predicted octanol–water partition coefficient (Wildman–Crippen LogP) is 4.69. The summed E-state index contributed by atoms with van der Waals surface area (Å²) in [5, 5.41) is 12.6. The maximum Gasteiger partial charge on any atom is 0.153 e. The van der Waals surface area contributed by atoms with E-state index in [4.69, 9.17) is 9.72 Å². The molecule has 4 rings (SSSR count). The molecule has 5 nitrogen and oxygen atoms in total. The average molecular weight is 330 g/mol. The number of aryl methyl sites for hydroxylation is 1. The first-order valence-electron chi connectivity index (χ1n) is 8.07. The van der Waals surface area contributed by atoms with Crippen molar-refractivity contribution in [3.05, 3.63) is 66.4 Å². The summed E-state index contributed by atoms with van der Waals surface area (Å²) in [6, 6.07) is 20.1. The average Bonchev–Trinajstić information content (AvgIpc) is 3.05. The van der Waals surface area contributed by atoms with Crippen LogP contribution in [0.25, 0.3) is 22.0 Å². The van der Waals surface area contributed by atoms with Gasteiger partial charge in [-0.2, -0.15) is 5.10 Å². The molecule has 25 heavy (non-hydrogen) atoms. The molecule has 0 aliphatic rings. The van der Waals surface area contributed by atoms with Crippen LogP contribution in [-0.4, -0.2) is 22.3 Å². The van der Waals surface area contributed by atoms with Crippen molar-refractivity contribution < 1.29 is 4.74 Å². The standard InChI is InChI=1S/C20H18N4O/c1-13-11-19(24-23-13)21-18-12-14-7-3-4-8-15(14)20(22-18)16-9-5-6-10-17(16)25-2/h3-12H,1-2H3,(H2,21,22,23,24). The molecule has 4 aromatic rings. The van der Waals surface area contributed by atoms with Crippen LogP contribution in [0.1, 0.15) is 5.69 Å². The highest BCUT2D eigenvalue weighted by Crippen LogP contribution is 2.35. The molecular weight excluding hydrogens is 312 g/mol. The number of nitrogens with one attached hydrogen (secondary N) is 2. The third kappa shape index (κ3) is 2.92. The van der Waals surface area contributed by atoms with Gasteiger partial charge in [-0.15, -0.1) is 0 Å². The molecule has 0 fully saturated rings. The number of pyridine rings is 1. The van der Waals surface area contributed by atoms with Gasteiger partial charge in [0.2, 0.25) is 0 Å². The Balaban J connectivity index is 1.89. The highest BCUT2D eigenvalue weighted by atomic mass is 16.5. The van der Waals surface area contributed by atoms with Crippen molar-refractivity contribution in [2.75, 3.05) is 12.4 Å². The fraction of sp³-hybridized carbons (Fsp3) is 0.100. The van der Waals surface area contributed by atoms with E-state index in [1.807, 2.05) is 55.5 Å². The van der Waals surface area contributed by atoms with Crippen LogP contribution in [-0.2, 0) is 0 Å². The van der Waals surface area contributed by atoms with Gasteiger partial charge in [-0.1, -0.05) is 36.4 Å². The van der Waals surface area contributed by atoms with Crippen molar-refractivity contribution >= 4 is 22.4 Å². The van der Waals surface area contributed by atoms with Gasteiger partial charge >= 0.3 is 0 Å². The lowest BCUT2D eigenvalue weighted by atomic mass is 10.0. The van der Waals surface area contributed by atoms with Gasteiger partial charge in [0, 0.05) is 22.7 Å². The fourth-order valence-electron chi connectivity index (χ4n) is 2.92. The molecule has 0 aliphatic heterocycles. The largest absolute Gasteiger partial charge is 0.496 e. The molecule has 124 valence electrons. The molecule has 0 unspecified atom stereocenters. The van der Waals surface area contributed by atoms with E-state index >= 15 is 0 Å². The molecule has 0 amide bonds. The number of aromatic nitrogens is 3. The molecule has 2 aromatic heterocycles. The van der Waals surface area contributed by atoms with Gasteiger partial charge in [0.15, 0.2) is 5.82 Å². The fourth-order valence-corrected chi connectivity index (χ4v) is 2.92. The Morgan fingerprint density at radius 3 is 2.56 bits per heavy atom. The summed E-state index contributed by atoms with van der Waals surface area (Å²) in [4.78, 5) is 4.84. The summed E-state index contributed by atoms with van der Waals surface area (Å²) in [6.07, 6.45) is 0. The Labute approximate surface area is 145 Å². The number of ether oxygens (including phenoxy) is 1. The summed E-state index contributed by atoms with van der Waals surface area (Å²) < 4.78 is 5.53. The van der Waals surface area contributed by atoms with Crippen LogP contribution >= 0.6 is 0 Å². The van der Waals surface area contributed by atoms with E-state index in [0.29, 0.717) is 0 Å². The van der Waals surface area contributed by atoms with Crippen molar-refractivity contribution in [2.45, 2.75) is 6.92 Å². The third-order valence-corrected chi connectivity index (χ3v) is 4.06. The quantitative estimate of drug-likeness (QED) is 0.570. The highest BCUT2D eigenvalue weighted by Gasteiger charge is 2.13. The first-order valence-corrected chi connectivity index (χ1v) is 8.07. The van der Waals surface area contributed by atoms with Crippen LogP contribution in [0, 0.1) is 6.92 Å². The summed E-state index contributed by atoms with van der Waals surface area (Å²) in [7, 11) is 1.68. The van der Waals surface area contributed by atoms with Gasteiger partial charge in [0.1, 0.15) is 11.6 Å². The van der Waals surface area contributed by atoms with Gasteiger partial charge < -0.3 is 10.1 Å². The molecule has 2 N–H and O–H groups in total. The molecule has 0 radical (unpaired) electrons. The number of hydrogen-bond donors (Lipinski definition) is 2. The SMILES string of the molecule is COc1ccccc1-c1nc(Nc2cc(C)[nH]n2)cc2ccccc12. The zero-order valence-corrected chi connectivity index (χ0v) is 14.1. The van der Waals surface area contributed by atoms with Crippen molar-refractivity contribution in [3.63, 3.8) is 0 Å². The lowest BCUT2D eigenvalue weighted by Crippen LogP contribution is -1.97. The number of anilines is 2. The predicted molar refractivity (Wildman–Crippen MR) is 100 cm³/mol. The number of aromatic amines is 1. The van der Waals surface area contributed by atoms with Gasteiger partial charge in [-0.3, -0.25) is 5.10 Å². The van der Waals surface area contributed by atoms with Crippen molar-refractivity contribution in [1.29, 1.82) is 0 Å². The summed E-state index contributed by atoms with van der Waals surface area (Å²) in [5.74, 6) is 2.28. The second kappa shape index (κ2) is 6.28. The first kappa shape index (κ1) is 15.2. The van der Waals surface area contributed by atoms with Crippen LogP contribution in [0.3, 0.4) is 0 Å². The monoisotopic (exact) mass is 330 g/mol. The van der Waals surface area contributed by atoms with Crippen LogP contribution in [0.15, 0.2) is 60.7 Å². The molecule has 0 atom stereocenters. The van der Waals surface area contributed by atoms with E-state index < -0.39 is 0 Å². The molecule has 0 saturated heterocycles. The molecule has 0 bridgehead atoms. The number of hydrogen-bond acceptors (Lipinski definition) is 4. The number of fused-ring (bicyclic) bond motifs is 1. The van der Waals surface area contributed by atoms with Crippen LogP contribution in [0.2, 0.25) is 0 Å². The normalized spacial score (nSPS) is 10.8. The topological polar surface area (TPSA) is 62.8 Å². The van der Waals surface area contributed by atoms with Gasteiger partial charge in [-0.25, -0.2) is 4.98 Å². The lowest BCUT2D eigenvalue weighted by molar-refractivity contribution is 0.416. The van der Waals surface area contributed by atoms with Gasteiger partial charge in [0.05, 0.1) is 12.8 Å². The highest BCUT2D eigenvalue weighted by molar-refractivity contribution is 5.97. The second-order valence-corrected chi connectivity index (χ2v) is 5.84. The maximum atomic E-state index is 5.53. The van der Waals surface area contributed by atoms with Crippen molar-refractivity contribution in [1.82, 2.24) is 15.2 Å². The molecule has 0 aliphatic carbocycles. The van der Waals surface area contributed by atoms with E-state index in [-0.39, 0.29) is 0 Å². The minimum atomic E-state index is 0.742. The molecule has 0 spiro atoms.